The molecule has 6 nitrogen and oxygen atoms in total. The maximum atomic E-state index is 12.6. The fourth-order valence-electron chi connectivity index (χ4n) is 2.90. The number of carbonyl (C=O) groups excluding carboxylic acids is 1. The van der Waals surface area contributed by atoms with Crippen molar-refractivity contribution in [3.63, 3.8) is 0 Å². The van der Waals surface area contributed by atoms with Gasteiger partial charge in [0.2, 0.25) is 0 Å². The molecule has 1 aromatic carbocycles. The highest BCUT2D eigenvalue weighted by Gasteiger charge is 2.21. The third-order valence-electron chi connectivity index (χ3n) is 4.17. The Kier molecular flexibility index (Phi) is 4.48. The summed E-state index contributed by atoms with van der Waals surface area (Å²) in [7, 11) is 0. The second-order valence-electron chi connectivity index (χ2n) is 5.84. The summed E-state index contributed by atoms with van der Waals surface area (Å²) in [5, 5.41) is 7.23. The lowest BCUT2D eigenvalue weighted by Gasteiger charge is -2.27. The SMILES string of the molecule is NC1CCC(NC(=O)c2ccccc2Cn2cncn2)CC1. The fraction of sp³-hybridized carbons (Fsp3) is 0.438. The molecule has 0 radical (unpaired) electrons. The summed E-state index contributed by atoms with van der Waals surface area (Å²) >= 11 is 0. The molecule has 1 saturated carbocycles. The third kappa shape index (κ3) is 3.51. The van der Waals surface area contributed by atoms with Gasteiger partial charge >= 0.3 is 0 Å². The number of nitrogens with zero attached hydrogens (tertiary/aromatic N) is 3. The van der Waals surface area contributed by atoms with Crippen LogP contribution in [0.25, 0.3) is 0 Å². The molecule has 0 aliphatic heterocycles. The van der Waals surface area contributed by atoms with Crippen LogP contribution in [-0.2, 0) is 6.54 Å². The molecular formula is C16H21N5O. The summed E-state index contributed by atoms with van der Waals surface area (Å²) in [6.07, 6.45) is 7.01. The molecule has 3 rings (SSSR count). The van der Waals surface area contributed by atoms with Gasteiger partial charge < -0.3 is 11.1 Å². The average Bonchev–Trinajstić information content (AvgIpc) is 3.03. The van der Waals surface area contributed by atoms with E-state index in [-0.39, 0.29) is 18.0 Å². The van der Waals surface area contributed by atoms with Crippen molar-refractivity contribution in [3.8, 4) is 0 Å². The molecule has 0 atom stereocenters. The predicted octanol–water partition coefficient (Wildman–Crippen LogP) is 1.33. The van der Waals surface area contributed by atoms with Crippen LogP contribution >= 0.6 is 0 Å². The number of rotatable bonds is 4. The molecule has 1 heterocycles. The highest BCUT2D eigenvalue weighted by molar-refractivity contribution is 5.95. The first-order valence-corrected chi connectivity index (χ1v) is 7.69. The number of amides is 1. The first-order valence-electron chi connectivity index (χ1n) is 7.69. The highest BCUT2D eigenvalue weighted by atomic mass is 16.1. The van der Waals surface area contributed by atoms with Crippen molar-refractivity contribution in [1.29, 1.82) is 0 Å². The Bertz CT molecular complexity index is 617. The molecule has 2 aromatic rings. The van der Waals surface area contributed by atoms with Crippen LogP contribution in [0.4, 0.5) is 0 Å². The van der Waals surface area contributed by atoms with Crippen LogP contribution in [0.3, 0.4) is 0 Å². The molecule has 6 heteroatoms. The van der Waals surface area contributed by atoms with Crippen LogP contribution in [-0.4, -0.2) is 32.8 Å². The van der Waals surface area contributed by atoms with Gasteiger partial charge in [-0.1, -0.05) is 18.2 Å². The first-order chi connectivity index (χ1) is 10.7. The largest absolute Gasteiger partial charge is 0.349 e. The van der Waals surface area contributed by atoms with Crippen molar-refractivity contribution in [2.75, 3.05) is 0 Å². The lowest BCUT2D eigenvalue weighted by atomic mass is 9.91. The lowest BCUT2D eigenvalue weighted by molar-refractivity contribution is 0.0925. The highest BCUT2D eigenvalue weighted by Crippen LogP contribution is 2.18. The Morgan fingerprint density at radius 2 is 2.05 bits per heavy atom. The Hall–Kier alpha value is -2.21. The number of nitrogens with two attached hydrogens (primary N) is 1. The van der Waals surface area contributed by atoms with E-state index in [0.717, 1.165) is 31.2 Å². The van der Waals surface area contributed by atoms with Crippen LogP contribution in [0, 0.1) is 0 Å². The monoisotopic (exact) mass is 299 g/mol. The smallest absolute Gasteiger partial charge is 0.251 e. The van der Waals surface area contributed by atoms with E-state index >= 15 is 0 Å². The van der Waals surface area contributed by atoms with Gasteiger partial charge in [-0.25, -0.2) is 9.67 Å². The Morgan fingerprint density at radius 3 is 2.77 bits per heavy atom. The molecule has 116 valence electrons. The van der Waals surface area contributed by atoms with Gasteiger partial charge in [0.15, 0.2) is 0 Å². The van der Waals surface area contributed by atoms with Crippen molar-refractivity contribution in [2.24, 2.45) is 5.73 Å². The quantitative estimate of drug-likeness (QED) is 0.891. The van der Waals surface area contributed by atoms with E-state index in [4.69, 9.17) is 5.73 Å². The summed E-state index contributed by atoms with van der Waals surface area (Å²) < 4.78 is 1.71. The minimum absolute atomic E-state index is 0.0174. The van der Waals surface area contributed by atoms with Gasteiger partial charge in [-0.05, 0) is 37.3 Å². The molecular weight excluding hydrogens is 278 g/mol. The van der Waals surface area contributed by atoms with Crippen molar-refractivity contribution >= 4 is 5.91 Å². The van der Waals surface area contributed by atoms with E-state index < -0.39 is 0 Å². The second-order valence-corrected chi connectivity index (χ2v) is 5.84. The van der Waals surface area contributed by atoms with E-state index in [9.17, 15) is 4.79 Å². The minimum atomic E-state index is -0.0174. The maximum Gasteiger partial charge on any atom is 0.251 e. The third-order valence-corrected chi connectivity index (χ3v) is 4.17. The van der Waals surface area contributed by atoms with Crippen LogP contribution in [0.1, 0.15) is 41.6 Å². The molecule has 22 heavy (non-hydrogen) atoms. The molecule has 1 aliphatic carbocycles. The number of benzene rings is 1. The molecule has 1 aliphatic rings. The van der Waals surface area contributed by atoms with E-state index in [2.05, 4.69) is 15.4 Å². The van der Waals surface area contributed by atoms with Crippen LogP contribution in [0.5, 0.6) is 0 Å². The molecule has 1 fully saturated rings. The van der Waals surface area contributed by atoms with Gasteiger partial charge in [0.25, 0.3) is 5.91 Å². The maximum absolute atomic E-state index is 12.6. The summed E-state index contributed by atoms with van der Waals surface area (Å²) in [4.78, 5) is 16.5. The normalized spacial score (nSPS) is 21.5. The number of nitrogens with one attached hydrogen (secondary N) is 1. The van der Waals surface area contributed by atoms with Gasteiger partial charge in [-0.2, -0.15) is 5.10 Å². The molecule has 3 N–H and O–H groups in total. The summed E-state index contributed by atoms with van der Waals surface area (Å²) in [6.45, 7) is 0.541. The van der Waals surface area contributed by atoms with Gasteiger partial charge in [0.05, 0.1) is 6.54 Å². The molecule has 1 aromatic heterocycles. The molecule has 1 amide bonds. The predicted molar refractivity (Wildman–Crippen MR) is 83.3 cm³/mol. The summed E-state index contributed by atoms with van der Waals surface area (Å²) in [5.74, 6) is -0.0174. The van der Waals surface area contributed by atoms with Crippen molar-refractivity contribution < 1.29 is 4.79 Å². The van der Waals surface area contributed by atoms with Crippen LogP contribution < -0.4 is 11.1 Å². The molecule has 0 spiro atoms. The average molecular weight is 299 g/mol. The zero-order chi connectivity index (χ0) is 15.4. The molecule has 0 saturated heterocycles. The van der Waals surface area contributed by atoms with E-state index in [1.807, 2.05) is 24.3 Å². The Morgan fingerprint density at radius 1 is 1.27 bits per heavy atom. The minimum Gasteiger partial charge on any atom is -0.349 e. The van der Waals surface area contributed by atoms with Gasteiger partial charge in [-0.15, -0.1) is 0 Å². The zero-order valence-corrected chi connectivity index (χ0v) is 12.5. The fourth-order valence-corrected chi connectivity index (χ4v) is 2.90. The second kappa shape index (κ2) is 6.70. The van der Waals surface area contributed by atoms with E-state index in [1.54, 1.807) is 11.0 Å². The number of hydrogen-bond donors (Lipinski definition) is 2. The topological polar surface area (TPSA) is 85.8 Å². The van der Waals surface area contributed by atoms with Crippen molar-refractivity contribution in [3.05, 3.63) is 48.0 Å². The number of hydrogen-bond acceptors (Lipinski definition) is 4. The number of carbonyl (C=O) groups is 1. The van der Waals surface area contributed by atoms with Crippen molar-refractivity contribution in [1.82, 2.24) is 20.1 Å². The van der Waals surface area contributed by atoms with Gasteiger partial charge in [0.1, 0.15) is 12.7 Å². The summed E-state index contributed by atoms with van der Waals surface area (Å²) in [5.41, 5.74) is 7.55. The van der Waals surface area contributed by atoms with Crippen molar-refractivity contribution in [2.45, 2.75) is 44.3 Å². The van der Waals surface area contributed by atoms with Crippen LogP contribution in [0.15, 0.2) is 36.9 Å². The lowest BCUT2D eigenvalue weighted by Crippen LogP contribution is -2.40. The van der Waals surface area contributed by atoms with E-state index in [0.29, 0.717) is 12.1 Å². The molecule has 0 unspecified atom stereocenters. The van der Waals surface area contributed by atoms with E-state index in [1.165, 1.54) is 6.33 Å². The Labute approximate surface area is 129 Å². The van der Waals surface area contributed by atoms with Crippen LogP contribution in [0.2, 0.25) is 0 Å². The van der Waals surface area contributed by atoms with Gasteiger partial charge in [0, 0.05) is 17.6 Å². The summed E-state index contributed by atoms with van der Waals surface area (Å²) in [6, 6.07) is 8.14. The number of aromatic nitrogens is 3. The van der Waals surface area contributed by atoms with Gasteiger partial charge in [-0.3, -0.25) is 4.79 Å². The molecule has 0 bridgehead atoms. The standard InChI is InChI=1S/C16H21N5O/c17-13-5-7-14(8-6-13)20-16(22)15-4-2-1-3-12(15)9-21-11-18-10-19-21/h1-4,10-11,13-14H,5-9,17H2,(H,20,22). The Balaban J connectivity index is 1.69. The first kappa shape index (κ1) is 14.7. The zero-order valence-electron chi connectivity index (χ0n) is 12.5.